The third-order valence-electron chi connectivity index (χ3n) is 4.29. The standard InChI is InChI=1S/C18H20N2O9S2.Na/c19-15(9-11-1-5-13(6-2-11)30(24,25)26)17(21)20-16(18(22)23)10-12-3-7-14(8-4-12)31(27,28)29;/h1-8,15-16H,9-10,19H2,(H,20,21)(H,22,23)(H,24,25,26)(H,27,28,29);/q;+1. The molecule has 168 valence electrons. The Morgan fingerprint density at radius 3 is 1.53 bits per heavy atom. The first-order valence-electron chi connectivity index (χ1n) is 8.69. The van der Waals surface area contributed by atoms with Crippen molar-refractivity contribution in [2.75, 3.05) is 0 Å². The molecule has 0 saturated carbocycles. The SMILES string of the molecule is NC(Cc1ccc(S(=O)(=O)O)cc1)C(=O)NC(Cc1ccc(S(=O)(=O)O)cc1)C(=O)O.[Na+]. The van der Waals surface area contributed by atoms with E-state index in [9.17, 15) is 31.5 Å². The number of carboxylic acid groups (broad SMARTS) is 1. The maximum absolute atomic E-state index is 12.3. The van der Waals surface area contributed by atoms with E-state index in [0.717, 1.165) is 24.3 Å². The monoisotopic (exact) mass is 495 g/mol. The van der Waals surface area contributed by atoms with Crippen LogP contribution in [0.3, 0.4) is 0 Å². The van der Waals surface area contributed by atoms with E-state index in [1.54, 1.807) is 0 Å². The van der Waals surface area contributed by atoms with E-state index in [-0.39, 0.29) is 52.2 Å². The van der Waals surface area contributed by atoms with Crippen molar-refractivity contribution >= 4 is 32.1 Å². The van der Waals surface area contributed by atoms with Crippen LogP contribution in [0.2, 0.25) is 0 Å². The van der Waals surface area contributed by atoms with Gasteiger partial charge in [0.05, 0.1) is 15.8 Å². The number of hydrogen-bond acceptors (Lipinski definition) is 7. The molecule has 32 heavy (non-hydrogen) atoms. The third-order valence-corrected chi connectivity index (χ3v) is 6.02. The van der Waals surface area contributed by atoms with Gasteiger partial charge in [0.25, 0.3) is 20.2 Å². The molecule has 0 spiro atoms. The summed E-state index contributed by atoms with van der Waals surface area (Å²) in [6.45, 7) is 0. The maximum atomic E-state index is 12.3. The minimum Gasteiger partial charge on any atom is -0.480 e. The van der Waals surface area contributed by atoms with Gasteiger partial charge in [0.15, 0.2) is 0 Å². The van der Waals surface area contributed by atoms with Gasteiger partial charge in [-0.3, -0.25) is 13.9 Å². The second kappa shape index (κ2) is 11.3. The van der Waals surface area contributed by atoms with Crippen LogP contribution in [0.25, 0.3) is 0 Å². The van der Waals surface area contributed by atoms with E-state index in [1.165, 1.54) is 24.3 Å². The van der Waals surface area contributed by atoms with Crippen molar-refractivity contribution in [1.29, 1.82) is 0 Å². The van der Waals surface area contributed by atoms with Crippen LogP contribution in [0.5, 0.6) is 0 Å². The van der Waals surface area contributed by atoms with E-state index in [2.05, 4.69) is 5.32 Å². The molecule has 14 heteroatoms. The van der Waals surface area contributed by atoms with E-state index < -0.39 is 44.2 Å². The Morgan fingerprint density at radius 1 is 0.812 bits per heavy atom. The molecule has 0 aliphatic heterocycles. The predicted molar refractivity (Wildman–Crippen MR) is 107 cm³/mol. The number of aliphatic carboxylic acids is 1. The predicted octanol–water partition coefficient (Wildman–Crippen LogP) is -3.13. The van der Waals surface area contributed by atoms with Gasteiger partial charge in [-0.15, -0.1) is 0 Å². The Kier molecular flexibility index (Phi) is 9.99. The third kappa shape index (κ3) is 8.26. The summed E-state index contributed by atoms with van der Waals surface area (Å²) in [4.78, 5) is 23.2. The van der Waals surface area contributed by atoms with Gasteiger partial charge < -0.3 is 16.2 Å². The Hall–Kier alpha value is -1.84. The zero-order valence-electron chi connectivity index (χ0n) is 16.9. The fourth-order valence-electron chi connectivity index (χ4n) is 2.66. The van der Waals surface area contributed by atoms with Gasteiger partial charge in [-0.25, -0.2) is 4.79 Å². The molecule has 2 rings (SSSR count). The van der Waals surface area contributed by atoms with Crippen molar-refractivity contribution in [3.63, 3.8) is 0 Å². The van der Waals surface area contributed by atoms with Crippen molar-refractivity contribution in [2.45, 2.75) is 34.7 Å². The smallest absolute Gasteiger partial charge is 0.480 e. The number of benzene rings is 2. The first-order chi connectivity index (χ1) is 14.3. The zero-order valence-corrected chi connectivity index (χ0v) is 20.5. The van der Waals surface area contributed by atoms with Gasteiger partial charge in [0.1, 0.15) is 6.04 Å². The summed E-state index contributed by atoms with van der Waals surface area (Å²) in [5.74, 6) is -2.10. The van der Waals surface area contributed by atoms with Gasteiger partial charge in [-0.05, 0) is 41.8 Å². The first kappa shape index (κ1) is 28.2. The topological polar surface area (TPSA) is 201 Å². The van der Waals surface area contributed by atoms with E-state index in [0.29, 0.717) is 11.1 Å². The molecule has 2 unspecified atom stereocenters. The summed E-state index contributed by atoms with van der Waals surface area (Å²) < 4.78 is 62.1. The summed E-state index contributed by atoms with van der Waals surface area (Å²) >= 11 is 0. The molecular weight excluding hydrogens is 475 g/mol. The fourth-order valence-corrected chi connectivity index (χ4v) is 3.62. The molecule has 2 aromatic carbocycles. The molecule has 0 aliphatic rings. The molecule has 2 aromatic rings. The maximum Gasteiger partial charge on any atom is 1.00 e. The fraction of sp³-hybridized carbons (Fsp3) is 0.222. The Labute approximate surface area is 206 Å². The summed E-state index contributed by atoms with van der Waals surface area (Å²) in [5, 5.41) is 11.7. The number of nitrogens with one attached hydrogen (secondary N) is 1. The molecule has 11 nitrogen and oxygen atoms in total. The molecule has 0 fully saturated rings. The van der Waals surface area contributed by atoms with Gasteiger partial charge in [-0.2, -0.15) is 16.8 Å². The molecule has 0 saturated heterocycles. The average Bonchev–Trinajstić information content (AvgIpc) is 2.66. The summed E-state index contributed by atoms with van der Waals surface area (Å²) in [5.41, 5.74) is 6.70. The van der Waals surface area contributed by atoms with Crippen LogP contribution >= 0.6 is 0 Å². The Bertz CT molecular complexity index is 1170. The molecule has 0 heterocycles. The quantitative estimate of drug-likeness (QED) is 0.175. The molecular formula is C18H20N2NaO9S2+. The number of carbonyl (C=O) groups excluding carboxylic acids is 1. The summed E-state index contributed by atoms with van der Waals surface area (Å²) in [6, 6.07) is 7.35. The number of hydrogen-bond donors (Lipinski definition) is 5. The van der Waals surface area contributed by atoms with Gasteiger partial charge in [-0.1, -0.05) is 24.3 Å². The van der Waals surface area contributed by atoms with Crippen molar-refractivity contribution in [2.24, 2.45) is 5.73 Å². The number of carboxylic acids is 1. The van der Waals surface area contributed by atoms with Gasteiger partial charge in [0, 0.05) is 6.42 Å². The van der Waals surface area contributed by atoms with Crippen LogP contribution in [0, 0.1) is 0 Å². The molecule has 0 bridgehead atoms. The normalized spacial score (nSPS) is 13.5. The molecule has 6 N–H and O–H groups in total. The number of rotatable bonds is 9. The number of nitrogens with two attached hydrogens (primary N) is 1. The molecule has 0 aromatic heterocycles. The van der Waals surface area contributed by atoms with Crippen LogP contribution in [-0.4, -0.2) is 55.0 Å². The molecule has 0 radical (unpaired) electrons. The molecule has 2 atom stereocenters. The van der Waals surface area contributed by atoms with Crippen molar-refractivity contribution in [3.05, 3.63) is 59.7 Å². The number of amides is 1. The Balaban J connectivity index is 0.00000512. The van der Waals surface area contributed by atoms with Crippen molar-refractivity contribution < 1.29 is 70.2 Å². The van der Waals surface area contributed by atoms with E-state index in [4.69, 9.17) is 14.8 Å². The van der Waals surface area contributed by atoms with Crippen molar-refractivity contribution in [3.8, 4) is 0 Å². The van der Waals surface area contributed by atoms with E-state index >= 15 is 0 Å². The van der Waals surface area contributed by atoms with E-state index in [1.807, 2.05) is 0 Å². The van der Waals surface area contributed by atoms with Crippen LogP contribution in [0.1, 0.15) is 11.1 Å². The zero-order chi connectivity index (χ0) is 23.4. The van der Waals surface area contributed by atoms with Gasteiger partial charge >= 0.3 is 35.5 Å². The van der Waals surface area contributed by atoms with Crippen LogP contribution in [-0.2, 0) is 42.7 Å². The minimum absolute atomic E-state index is 0. The summed E-state index contributed by atoms with van der Waals surface area (Å²) in [7, 11) is -8.74. The summed E-state index contributed by atoms with van der Waals surface area (Å²) in [6.07, 6.45) is -0.185. The van der Waals surface area contributed by atoms with Gasteiger partial charge in [0.2, 0.25) is 5.91 Å². The molecule has 1 amide bonds. The second-order valence-electron chi connectivity index (χ2n) is 6.65. The minimum atomic E-state index is -4.39. The van der Waals surface area contributed by atoms with Crippen molar-refractivity contribution in [1.82, 2.24) is 5.32 Å². The second-order valence-corrected chi connectivity index (χ2v) is 9.50. The molecule has 0 aliphatic carbocycles. The van der Waals surface area contributed by atoms with Crippen LogP contribution < -0.4 is 40.6 Å². The first-order valence-corrected chi connectivity index (χ1v) is 11.6. The Morgan fingerprint density at radius 2 is 1.19 bits per heavy atom. The largest absolute Gasteiger partial charge is 1.00 e. The number of carbonyl (C=O) groups is 2. The van der Waals surface area contributed by atoms with Crippen LogP contribution in [0.15, 0.2) is 58.3 Å². The van der Waals surface area contributed by atoms with Crippen LogP contribution in [0.4, 0.5) is 0 Å². The average molecular weight is 495 g/mol.